The number of phosphoric acid groups is 1. The monoisotopic (exact) mass is 510 g/mol. The molecular formula is C24H52AsO4P-. The Balaban J connectivity index is 3.26. The molecule has 0 saturated heterocycles. The summed E-state index contributed by atoms with van der Waals surface area (Å²) >= 11 is -1.59. The van der Waals surface area contributed by atoms with Gasteiger partial charge < -0.3 is 0 Å². The fraction of sp³-hybridized carbons (Fsp3) is 1.00. The Morgan fingerprint density at radius 3 is 1.30 bits per heavy atom. The quantitative estimate of drug-likeness (QED) is 0.0786. The minimum atomic E-state index is -4.09. The Morgan fingerprint density at radius 2 is 0.933 bits per heavy atom. The van der Waals surface area contributed by atoms with Crippen LogP contribution in [0.15, 0.2) is 0 Å². The van der Waals surface area contributed by atoms with Gasteiger partial charge in [0.05, 0.1) is 0 Å². The summed E-state index contributed by atoms with van der Waals surface area (Å²) in [5, 5.41) is 0.868. The molecule has 0 amide bonds. The molecule has 1 atom stereocenters. The SMILES string of the molecule is CCCCCCCCCCCCCCCCCCCOP(=O)([O-])OCC[As](C)(C)C. The second-order valence-electron chi connectivity index (χ2n) is 9.78. The Kier molecular flexibility index (Phi) is 20.7. The molecule has 30 heavy (non-hydrogen) atoms. The molecule has 1 unspecified atom stereocenters. The van der Waals surface area contributed by atoms with E-state index in [9.17, 15) is 9.46 Å². The standard InChI is InChI=1S/C24H53AsO4P/c1-5-6-7-8-9-10-11-12-13-14-15-16-17-18-19-20-21-23-28-30(26,27)29-24-22-25(2,3)4/h5-24H2,1-4H3,(H,26,27)/p-1. The van der Waals surface area contributed by atoms with Crippen LogP contribution in [0.2, 0.25) is 22.3 Å². The molecule has 4 nitrogen and oxygen atoms in total. The molecule has 0 bridgehead atoms. The van der Waals surface area contributed by atoms with Crippen molar-refractivity contribution in [3.8, 4) is 0 Å². The summed E-state index contributed by atoms with van der Waals surface area (Å²) in [7, 11) is -4.09. The van der Waals surface area contributed by atoms with Crippen molar-refractivity contribution in [1.29, 1.82) is 0 Å². The average Bonchev–Trinajstić information content (AvgIpc) is 2.65. The van der Waals surface area contributed by atoms with Crippen molar-refractivity contribution in [2.24, 2.45) is 0 Å². The molecule has 1 radical (unpaired) electrons. The van der Waals surface area contributed by atoms with Crippen LogP contribution in [0.1, 0.15) is 116 Å². The van der Waals surface area contributed by atoms with Crippen molar-refractivity contribution < 1.29 is 18.5 Å². The third-order valence-corrected chi connectivity index (χ3v) is 9.70. The number of phosphoric ester groups is 1. The molecule has 6 heteroatoms. The Bertz CT molecular complexity index is 413. The van der Waals surface area contributed by atoms with Crippen LogP contribution in [-0.4, -0.2) is 26.8 Å². The van der Waals surface area contributed by atoms with Gasteiger partial charge in [-0.05, 0) is 0 Å². The zero-order valence-electron chi connectivity index (χ0n) is 20.7. The van der Waals surface area contributed by atoms with Gasteiger partial charge in [0.2, 0.25) is 0 Å². The van der Waals surface area contributed by atoms with Gasteiger partial charge in [-0.2, -0.15) is 0 Å². The van der Waals surface area contributed by atoms with Crippen LogP contribution in [0.25, 0.3) is 0 Å². The molecule has 0 fully saturated rings. The first-order valence-corrected chi connectivity index (χ1v) is 21.1. The van der Waals surface area contributed by atoms with E-state index < -0.39 is 21.4 Å². The normalized spacial score (nSPS) is 14.2. The van der Waals surface area contributed by atoms with Crippen LogP contribution in [0, 0.1) is 0 Å². The van der Waals surface area contributed by atoms with Crippen molar-refractivity contribution in [3.05, 3.63) is 0 Å². The van der Waals surface area contributed by atoms with Crippen LogP contribution in [0.4, 0.5) is 0 Å². The van der Waals surface area contributed by atoms with Gasteiger partial charge in [0.1, 0.15) is 0 Å². The van der Waals surface area contributed by atoms with Crippen LogP contribution in [-0.2, 0) is 13.6 Å². The van der Waals surface area contributed by atoms with E-state index in [0.717, 1.165) is 18.1 Å². The zero-order valence-corrected chi connectivity index (χ0v) is 23.4. The Labute approximate surface area is 191 Å². The van der Waals surface area contributed by atoms with Crippen molar-refractivity contribution in [3.63, 3.8) is 0 Å². The second-order valence-corrected chi connectivity index (χ2v) is 21.7. The summed E-state index contributed by atoms with van der Waals surface area (Å²) in [6, 6.07) is 0. The topological polar surface area (TPSA) is 58.6 Å². The van der Waals surface area contributed by atoms with E-state index >= 15 is 0 Å². The molecule has 183 valence electrons. The van der Waals surface area contributed by atoms with Crippen LogP contribution in [0.3, 0.4) is 0 Å². The first kappa shape index (κ1) is 30.7. The van der Waals surface area contributed by atoms with E-state index in [-0.39, 0.29) is 13.2 Å². The molecule has 0 spiro atoms. The van der Waals surface area contributed by atoms with Crippen molar-refractivity contribution in [2.45, 2.75) is 138 Å². The van der Waals surface area contributed by atoms with Crippen LogP contribution >= 0.6 is 7.82 Å². The van der Waals surface area contributed by atoms with Gasteiger partial charge >= 0.3 is 114 Å². The van der Waals surface area contributed by atoms with Crippen LogP contribution in [0.5, 0.6) is 0 Å². The fourth-order valence-electron chi connectivity index (χ4n) is 3.47. The van der Waals surface area contributed by atoms with E-state index in [1.54, 1.807) is 0 Å². The maximum absolute atomic E-state index is 11.7. The molecule has 0 aliphatic carbocycles. The number of rotatable bonds is 23. The number of hydrogen-bond donors (Lipinski definition) is 0. The first-order valence-electron chi connectivity index (χ1n) is 12.7. The minimum absolute atomic E-state index is 0.259. The van der Waals surface area contributed by atoms with E-state index in [4.69, 9.17) is 9.05 Å². The predicted octanol–water partition coefficient (Wildman–Crippen LogP) is 8.48. The predicted molar refractivity (Wildman–Crippen MR) is 132 cm³/mol. The molecule has 0 aromatic rings. The van der Waals surface area contributed by atoms with Gasteiger partial charge in [-0.1, -0.05) is 77.6 Å². The molecule has 0 aliphatic heterocycles. The van der Waals surface area contributed by atoms with Gasteiger partial charge in [-0.3, -0.25) is 0 Å². The molecule has 0 saturated carbocycles. The van der Waals surface area contributed by atoms with Gasteiger partial charge in [0.15, 0.2) is 0 Å². The summed E-state index contributed by atoms with van der Waals surface area (Å²) in [6.07, 6.45) is 22.4. The van der Waals surface area contributed by atoms with Gasteiger partial charge in [-0.25, -0.2) is 0 Å². The number of hydrogen-bond acceptors (Lipinski definition) is 4. The molecule has 0 rings (SSSR count). The van der Waals surface area contributed by atoms with Crippen molar-refractivity contribution >= 4 is 21.4 Å². The van der Waals surface area contributed by atoms with E-state index in [0.29, 0.717) is 0 Å². The van der Waals surface area contributed by atoms with Crippen molar-refractivity contribution in [2.75, 3.05) is 13.2 Å². The molecule has 0 aromatic heterocycles. The third kappa shape index (κ3) is 24.9. The Hall–Kier alpha value is 0.668. The van der Waals surface area contributed by atoms with Gasteiger partial charge in [0.25, 0.3) is 0 Å². The fourth-order valence-corrected chi connectivity index (χ4v) is 5.86. The molecule has 0 aliphatic rings. The second kappa shape index (κ2) is 20.3. The van der Waals surface area contributed by atoms with E-state index in [2.05, 4.69) is 24.1 Å². The third-order valence-electron chi connectivity index (χ3n) is 5.51. The molecule has 0 aromatic carbocycles. The number of unbranched alkanes of at least 4 members (excludes halogenated alkanes) is 16. The summed E-state index contributed by atoms with van der Waals surface area (Å²) in [5.41, 5.74) is 6.69. The average molecular weight is 511 g/mol. The first-order chi connectivity index (χ1) is 14.3. The maximum atomic E-state index is 11.7. The Morgan fingerprint density at radius 1 is 0.600 bits per heavy atom. The van der Waals surface area contributed by atoms with Gasteiger partial charge in [-0.15, -0.1) is 0 Å². The summed E-state index contributed by atoms with van der Waals surface area (Å²) in [6.45, 7) is 2.81. The van der Waals surface area contributed by atoms with Gasteiger partial charge in [0, 0.05) is 0 Å². The van der Waals surface area contributed by atoms with E-state index in [1.807, 2.05) is 0 Å². The summed E-state index contributed by atoms with van der Waals surface area (Å²) < 4.78 is 21.6. The summed E-state index contributed by atoms with van der Waals surface area (Å²) in [4.78, 5) is 11.7. The van der Waals surface area contributed by atoms with Crippen molar-refractivity contribution in [1.82, 2.24) is 0 Å². The molecular weight excluding hydrogens is 458 g/mol. The van der Waals surface area contributed by atoms with E-state index in [1.165, 1.54) is 96.3 Å². The zero-order chi connectivity index (χ0) is 22.6. The molecule has 0 heterocycles. The van der Waals surface area contributed by atoms with Crippen LogP contribution < -0.4 is 4.89 Å². The molecule has 0 N–H and O–H groups in total. The summed E-state index contributed by atoms with van der Waals surface area (Å²) in [5.74, 6) is 0.